The molecule has 0 fully saturated rings. The van der Waals surface area contributed by atoms with E-state index in [9.17, 15) is 48.7 Å². The zero-order chi connectivity index (χ0) is 26.8. The molecule has 36 heavy (non-hydrogen) atoms. The van der Waals surface area contributed by atoms with Crippen molar-refractivity contribution in [1.29, 1.82) is 0 Å². The summed E-state index contributed by atoms with van der Waals surface area (Å²) in [7, 11) is 0. The molecule has 0 amide bonds. The highest BCUT2D eigenvalue weighted by Crippen LogP contribution is 2.37. The van der Waals surface area contributed by atoms with Crippen LogP contribution in [0.4, 0.5) is 43.9 Å². The van der Waals surface area contributed by atoms with Gasteiger partial charge in [0.1, 0.15) is 16.5 Å². The largest absolute Gasteiger partial charge is 0.339 e. The molecule has 188 valence electrons. The Morgan fingerprint density at radius 2 is 0.944 bits per heavy atom. The normalized spacial score (nSPS) is 11.4. The second kappa shape index (κ2) is 8.73. The molecular formula is C22H7ClF10N2O. The van der Waals surface area contributed by atoms with E-state index in [1.54, 1.807) is 0 Å². The number of nitrogens with zero attached hydrogens (tertiary/aromatic N) is 2. The molecule has 0 aliphatic carbocycles. The Kier molecular flexibility index (Phi) is 6.15. The number of hydrogen-bond donors (Lipinski definition) is 0. The number of imidazole rings is 1. The van der Waals surface area contributed by atoms with Gasteiger partial charge in [-0.15, -0.1) is 0 Å². The molecule has 0 unspecified atom stereocenters. The molecule has 4 rings (SSSR count). The highest BCUT2D eigenvalue weighted by atomic mass is 35.5. The Morgan fingerprint density at radius 3 is 1.36 bits per heavy atom. The van der Waals surface area contributed by atoms with Gasteiger partial charge in [0.15, 0.2) is 46.5 Å². The molecule has 0 spiro atoms. The molecule has 1 aromatic heterocycles. The van der Waals surface area contributed by atoms with Gasteiger partial charge >= 0.3 is 5.69 Å². The number of hydrogen-bond acceptors (Lipinski definition) is 1. The van der Waals surface area contributed by atoms with E-state index in [-0.39, 0.29) is 20.3 Å². The summed E-state index contributed by atoms with van der Waals surface area (Å²) in [6.45, 7) is 1.36. The van der Waals surface area contributed by atoms with Crippen LogP contribution in [0.25, 0.3) is 22.6 Å². The van der Waals surface area contributed by atoms with Gasteiger partial charge in [-0.2, -0.15) is 0 Å². The summed E-state index contributed by atoms with van der Waals surface area (Å²) in [4.78, 5) is 13.2. The van der Waals surface area contributed by atoms with Gasteiger partial charge in [-0.3, -0.25) is 4.57 Å². The van der Waals surface area contributed by atoms with Gasteiger partial charge in [-0.1, -0.05) is 35.9 Å². The molecular weight excluding hydrogens is 534 g/mol. The van der Waals surface area contributed by atoms with Crippen molar-refractivity contribution in [2.75, 3.05) is 0 Å². The molecule has 3 nitrogen and oxygen atoms in total. The highest BCUT2D eigenvalue weighted by Gasteiger charge is 2.35. The van der Waals surface area contributed by atoms with Crippen molar-refractivity contribution >= 4 is 11.6 Å². The Balaban J connectivity index is 2.29. The first-order valence-electron chi connectivity index (χ1n) is 9.45. The van der Waals surface area contributed by atoms with Crippen LogP contribution >= 0.6 is 11.6 Å². The lowest BCUT2D eigenvalue weighted by atomic mass is 10.1. The van der Waals surface area contributed by atoms with E-state index in [0.29, 0.717) is 0 Å². The molecule has 0 atom stereocenters. The monoisotopic (exact) mass is 540 g/mol. The summed E-state index contributed by atoms with van der Waals surface area (Å²) in [5.41, 5.74) is -6.77. The number of aryl methyl sites for hydroxylation is 1. The summed E-state index contributed by atoms with van der Waals surface area (Å²) < 4.78 is 141. The Morgan fingerprint density at radius 1 is 0.583 bits per heavy atom. The molecule has 0 radical (unpaired) electrons. The maximum atomic E-state index is 14.7. The first-order valence-corrected chi connectivity index (χ1v) is 9.83. The number of aromatic nitrogens is 2. The zero-order valence-corrected chi connectivity index (χ0v) is 18.0. The molecule has 4 aromatic rings. The van der Waals surface area contributed by atoms with Gasteiger partial charge in [0.05, 0.1) is 5.69 Å². The minimum atomic E-state index is -2.59. The number of halogens is 11. The van der Waals surface area contributed by atoms with E-state index in [1.165, 1.54) is 25.1 Å². The summed E-state index contributed by atoms with van der Waals surface area (Å²) in [6, 6.07) is 5.24. The molecule has 0 saturated heterocycles. The third kappa shape index (κ3) is 3.40. The summed E-state index contributed by atoms with van der Waals surface area (Å²) >= 11 is 6.09. The van der Waals surface area contributed by atoms with Gasteiger partial charge in [0.25, 0.3) is 0 Å². The fraction of sp³-hybridized carbons (Fsp3) is 0.0455. The lowest BCUT2D eigenvalue weighted by molar-refractivity contribution is 0.373. The van der Waals surface area contributed by atoms with E-state index in [1.807, 2.05) is 0 Å². The summed E-state index contributed by atoms with van der Waals surface area (Å²) in [5.74, 6) is -25.3. The summed E-state index contributed by atoms with van der Waals surface area (Å²) in [5, 5.41) is -1.17. The van der Waals surface area contributed by atoms with Crippen LogP contribution in [0.3, 0.4) is 0 Å². The van der Waals surface area contributed by atoms with Crippen molar-refractivity contribution in [3.8, 4) is 22.6 Å². The fourth-order valence-corrected chi connectivity index (χ4v) is 3.87. The van der Waals surface area contributed by atoms with Gasteiger partial charge in [0.2, 0.25) is 11.6 Å². The average molecular weight is 541 g/mol. The summed E-state index contributed by atoms with van der Waals surface area (Å²) in [6.07, 6.45) is 0. The van der Waals surface area contributed by atoms with Crippen LogP contribution in [0.15, 0.2) is 29.1 Å². The van der Waals surface area contributed by atoms with Gasteiger partial charge in [0, 0.05) is 5.56 Å². The first kappa shape index (κ1) is 25.4. The van der Waals surface area contributed by atoms with Crippen molar-refractivity contribution in [3.63, 3.8) is 0 Å². The average Bonchev–Trinajstić information content (AvgIpc) is 3.09. The van der Waals surface area contributed by atoms with Crippen LogP contribution in [0.2, 0.25) is 5.15 Å². The molecule has 1 heterocycles. The van der Waals surface area contributed by atoms with Crippen molar-refractivity contribution in [2.45, 2.75) is 6.92 Å². The molecule has 14 heteroatoms. The third-order valence-electron chi connectivity index (χ3n) is 5.22. The van der Waals surface area contributed by atoms with Gasteiger partial charge < -0.3 is 0 Å². The Hall–Kier alpha value is -3.74. The van der Waals surface area contributed by atoms with Crippen LogP contribution < -0.4 is 5.69 Å². The van der Waals surface area contributed by atoms with Crippen LogP contribution in [-0.4, -0.2) is 9.13 Å². The first-order chi connectivity index (χ1) is 16.8. The molecule has 0 N–H and O–H groups in total. The van der Waals surface area contributed by atoms with E-state index in [0.717, 1.165) is 6.07 Å². The second-order valence-electron chi connectivity index (χ2n) is 7.24. The lowest BCUT2D eigenvalue weighted by Crippen LogP contribution is -2.27. The van der Waals surface area contributed by atoms with E-state index in [2.05, 4.69) is 0 Å². The SMILES string of the molecule is Cc1ccccc1-c1c(Cl)n(-c2c(F)c(F)c(F)c(F)c2F)c(=O)n1-c1c(F)c(F)c(F)c(F)c1F. The molecule has 0 bridgehead atoms. The minimum absolute atomic E-state index is 0.173. The lowest BCUT2D eigenvalue weighted by Gasteiger charge is -2.13. The molecule has 0 saturated carbocycles. The van der Waals surface area contributed by atoms with Crippen LogP contribution in [-0.2, 0) is 0 Å². The fourth-order valence-electron chi connectivity index (χ4n) is 3.53. The van der Waals surface area contributed by atoms with E-state index < -0.39 is 86.1 Å². The minimum Gasteiger partial charge on any atom is -0.252 e. The number of rotatable bonds is 3. The van der Waals surface area contributed by atoms with Crippen molar-refractivity contribution < 1.29 is 43.9 Å². The Bertz CT molecular complexity index is 1590. The van der Waals surface area contributed by atoms with Crippen molar-refractivity contribution in [2.24, 2.45) is 0 Å². The molecule has 3 aromatic carbocycles. The standard InChI is InChI=1S/C22H7ClF10N2O/c1-6-4-2-3-5-7(6)18-21(23)35(20-16(32)12(28)9(25)13(29)17(20)33)22(36)34(18)19-14(30)10(26)8(24)11(27)15(19)31/h2-5H,1H3. The third-order valence-corrected chi connectivity index (χ3v) is 5.57. The topological polar surface area (TPSA) is 26.9 Å². The molecule has 0 aliphatic heterocycles. The van der Waals surface area contributed by atoms with Crippen LogP contribution in [0.5, 0.6) is 0 Å². The zero-order valence-electron chi connectivity index (χ0n) is 17.3. The second-order valence-corrected chi connectivity index (χ2v) is 7.60. The smallest absolute Gasteiger partial charge is 0.252 e. The highest BCUT2D eigenvalue weighted by molar-refractivity contribution is 6.32. The maximum absolute atomic E-state index is 14.7. The van der Waals surface area contributed by atoms with E-state index in [4.69, 9.17) is 11.6 Å². The predicted molar refractivity (Wildman–Crippen MR) is 106 cm³/mol. The van der Waals surface area contributed by atoms with Crippen molar-refractivity contribution in [1.82, 2.24) is 9.13 Å². The Labute approximate surface area is 198 Å². The van der Waals surface area contributed by atoms with Gasteiger partial charge in [-0.25, -0.2) is 53.3 Å². The predicted octanol–water partition coefficient (Wildman–Crippen LogP) is 6.65. The van der Waals surface area contributed by atoms with Crippen LogP contribution in [0, 0.1) is 65.1 Å². The maximum Gasteiger partial charge on any atom is 0.339 e. The number of benzene rings is 3. The van der Waals surface area contributed by atoms with Crippen LogP contribution in [0.1, 0.15) is 5.56 Å². The van der Waals surface area contributed by atoms with Crippen molar-refractivity contribution in [3.05, 3.63) is 104 Å². The quantitative estimate of drug-likeness (QED) is 0.162. The van der Waals surface area contributed by atoms with E-state index >= 15 is 0 Å². The van der Waals surface area contributed by atoms with Gasteiger partial charge in [-0.05, 0) is 12.5 Å². The molecule has 0 aliphatic rings.